The van der Waals surface area contributed by atoms with Crippen LogP contribution in [-0.2, 0) is 0 Å². The second kappa shape index (κ2) is 17.6. The first-order valence-corrected chi connectivity index (χ1v) is 15.6. The fraction of sp³-hybridized carbons (Fsp3) is 0.0930. The Balaban J connectivity index is 1.82. The lowest BCUT2D eigenvalue weighted by molar-refractivity contribution is -0.588. The maximum Gasteiger partial charge on any atom is 0.327 e. The number of carbonyl (C=O) groups excluding carboxylic acids is 1. The third kappa shape index (κ3) is 8.93. The molecule has 2 aromatic heterocycles. The lowest BCUT2D eigenvalue weighted by atomic mass is 9.97. The number of ketones is 1. The first-order valence-electron chi connectivity index (χ1n) is 15.6. The van der Waals surface area contributed by atoms with Crippen LogP contribution >= 0.6 is 0 Å². The lowest BCUT2D eigenvalue weighted by Crippen LogP contribution is -2.35. The highest BCUT2D eigenvalue weighted by molar-refractivity contribution is 6.09. The van der Waals surface area contributed by atoms with E-state index in [1.54, 1.807) is 6.20 Å². The normalized spacial score (nSPS) is 12.6. The van der Waals surface area contributed by atoms with Crippen LogP contribution in [0.5, 0.6) is 0 Å². The van der Waals surface area contributed by atoms with Crippen LogP contribution in [0.1, 0.15) is 65.9 Å². The zero-order chi connectivity index (χ0) is 32.6. The third-order valence-electron chi connectivity index (χ3n) is 7.16. The molecule has 0 radical (unpaired) electrons. The molecule has 0 aliphatic rings. The van der Waals surface area contributed by atoms with Crippen molar-refractivity contribution in [1.82, 2.24) is 4.98 Å². The average molecular weight is 602 g/mol. The summed E-state index contributed by atoms with van der Waals surface area (Å²) >= 11 is 0. The second-order valence-electron chi connectivity index (χ2n) is 10.4. The molecule has 228 valence electrons. The number of hydrogen-bond donors (Lipinski definition) is 0. The van der Waals surface area contributed by atoms with Crippen molar-refractivity contribution in [2.75, 3.05) is 0 Å². The van der Waals surface area contributed by atoms with Gasteiger partial charge in [-0.3, -0.25) is 4.79 Å². The Kier molecular flexibility index (Phi) is 12.7. The van der Waals surface area contributed by atoms with Crippen LogP contribution in [0, 0.1) is 0 Å². The van der Waals surface area contributed by atoms with Gasteiger partial charge in [0.05, 0.1) is 5.56 Å². The van der Waals surface area contributed by atoms with Crippen LogP contribution in [0.15, 0.2) is 152 Å². The number of nitrogens with zero attached hydrogens (tertiary/aromatic N) is 2. The summed E-state index contributed by atoms with van der Waals surface area (Å²) in [6.45, 7) is 7.98. The van der Waals surface area contributed by atoms with Gasteiger partial charge in [-0.2, -0.15) is 4.57 Å². The highest BCUT2D eigenvalue weighted by Gasteiger charge is 2.20. The summed E-state index contributed by atoms with van der Waals surface area (Å²) in [7, 11) is 0. The van der Waals surface area contributed by atoms with Crippen LogP contribution in [0.25, 0.3) is 41.4 Å². The van der Waals surface area contributed by atoms with E-state index in [4.69, 9.17) is 0 Å². The van der Waals surface area contributed by atoms with E-state index in [1.807, 2.05) is 166 Å². The molecular weight excluding hydrogens is 560 g/mol. The van der Waals surface area contributed by atoms with Gasteiger partial charge in [0, 0.05) is 17.2 Å². The molecule has 3 heteroatoms. The third-order valence-corrected chi connectivity index (χ3v) is 7.16. The molecule has 0 bridgehead atoms. The second-order valence-corrected chi connectivity index (χ2v) is 10.4. The van der Waals surface area contributed by atoms with Gasteiger partial charge < -0.3 is 0 Å². The van der Waals surface area contributed by atoms with Crippen LogP contribution in [-0.4, -0.2) is 10.8 Å². The van der Waals surface area contributed by atoms with Gasteiger partial charge in [-0.25, -0.2) is 0 Å². The minimum absolute atomic E-state index is 0.0552. The molecule has 0 atom stereocenters. The Morgan fingerprint density at radius 3 is 1.67 bits per heavy atom. The van der Waals surface area contributed by atoms with Crippen molar-refractivity contribution in [3.05, 3.63) is 185 Å². The first-order chi connectivity index (χ1) is 22.6. The average Bonchev–Trinajstić information content (AvgIpc) is 3.09. The Morgan fingerprint density at radius 2 is 1.11 bits per heavy atom. The van der Waals surface area contributed by atoms with Crippen molar-refractivity contribution in [2.24, 2.45) is 0 Å². The van der Waals surface area contributed by atoms with E-state index < -0.39 is 0 Å². The molecule has 0 unspecified atom stereocenters. The predicted octanol–water partition coefficient (Wildman–Crippen LogP) is 10.6. The zero-order valence-electron chi connectivity index (χ0n) is 27.0. The molecule has 4 rings (SSSR count). The molecule has 0 N–H and O–H groups in total. The number of hydrogen-bond acceptors (Lipinski definition) is 2. The highest BCUT2D eigenvalue weighted by atomic mass is 16.1. The largest absolute Gasteiger partial charge is 0.327 e. The molecule has 0 saturated heterocycles. The number of aromatic nitrogens is 2. The summed E-state index contributed by atoms with van der Waals surface area (Å²) in [6, 6.07) is 22.0. The lowest BCUT2D eigenvalue weighted by Gasteiger charge is -2.11. The molecule has 0 saturated carbocycles. The molecule has 2 heterocycles. The molecule has 4 aromatic rings. The van der Waals surface area contributed by atoms with Gasteiger partial charge in [0.15, 0.2) is 5.78 Å². The summed E-state index contributed by atoms with van der Waals surface area (Å²) in [5.41, 5.74) is 7.36. The smallest absolute Gasteiger partial charge is 0.288 e. The topological polar surface area (TPSA) is 33.8 Å². The van der Waals surface area contributed by atoms with Crippen molar-refractivity contribution >= 4 is 30.1 Å². The quantitative estimate of drug-likeness (QED) is 0.0919. The molecule has 0 aliphatic carbocycles. The molecule has 0 fully saturated rings. The van der Waals surface area contributed by atoms with Gasteiger partial charge in [-0.1, -0.05) is 128 Å². The van der Waals surface area contributed by atoms with Gasteiger partial charge >= 0.3 is 5.82 Å². The predicted molar refractivity (Wildman–Crippen MR) is 196 cm³/mol. The van der Waals surface area contributed by atoms with Crippen molar-refractivity contribution in [2.45, 2.75) is 27.7 Å². The number of allylic oxidation sites excluding steroid dienone is 12. The number of pyridine rings is 2. The summed E-state index contributed by atoms with van der Waals surface area (Å²) in [5, 5.41) is 0. The minimum Gasteiger partial charge on any atom is -0.288 e. The van der Waals surface area contributed by atoms with Crippen LogP contribution in [0.2, 0.25) is 0 Å². The SMILES string of the molecule is C/C=C/C=C/c1ccc(C(=O)c2ccc(-c3ccc(/C=C/C=C/C)c(/C=C/C=C/C)c3)[n+](-c3ccccn3)c2)cc1/C=C/C=C/C. The molecule has 2 aromatic carbocycles. The number of rotatable bonds is 12. The summed E-state index contributed by atoms with van der Waals surface area (Å²) < 4.78 is 2.00. The summed E-state index contributed by atoms with van der Waals surface area (Å²) in [4.78, 5) is 18.6. The zero-order valence-corrected chi connectivity index (χ0v) is 27.0. The van der Waals surface area contributed by atoms with Gasteiger partial charge in [0.2, 0.25) is 0 Å². The Bertz CT molecular complexity index is 1880. The highest BCUT2D eigenvalue weighted by Crippen LogP contribution is 2.25. The summed E-state index contributed by atoms with van der Waals surface area (Å²) in [6.07, 6.45) is 36.1. The van der Waals surface area contributed by atoms with Crippen molar-refractivity contribution < 1.29 is 9.36 Å². The van der Waals surface area contributed by atoms with E-state index in [9.17, 15) is 4.79 Å². The van der Waals surface area contributed by atoms with E-state index in [-0.39, 0.29) is 5.78 Å². The maximum atomic E-state index is 14.0. The molecular formula is C43H41N2O+. The Labute approximate surface area is 274 Å². The fourth-order valence-corrected chi connectivity index (χ4v) is 4.85. The molecule has 46 heavy (non-hydrogen) atoms. The van der Waals surface area contributed by atoms with Gasteiger partial charge in [-0.15, -0.1) is 0 Å². The van der Waals surface area contributed by atoms with Gasteiger partial charge in [0.25, 0.3) is 0 Å². The first kappa shape index (κ1) is 33.2. The molecule has 0 aliphatic heterocycles. The Hall–Kier alpha value is -5.67. The monoisotopic (exact) mass is 601 g/mol. The molecule has 3 nitrogen and oxygen atoms in total. The van der Waals surface area contributed by atoms with E-state index in [0.29, 0.717) is 11.1 Å². The fourth-order valence-electron chi connectivity index (χ4n) is 4.85. The number of carbonyl (C=O) groups is 1. The van der Waals surface area contributed by atoms with Gasteiger partial charge in [0.1, 0.15) is 18.1 Å². The van der Waals surface area contributed by atoms with Crippen molar-refractivity contribution in [1.29, 1.82) is 0 Å². The summed E-state index contributed by atoms with van der Waals surface area (Å²) in [5.74, 6) is 0.676. The minimum atomic E-state index is -0.0552. The van der Waals surface area contributed by atoms with Crippen LogP contribution in [0.3, 0.4) is 0 Å². The van der Waals surface area contributed by atoms with Crippen LogP contribution in [0.4, 0.5) is 0 Å². The van der Waals surface area contributed by atoms with E-state index in [1.165, 1.54) is 0 Å². The van der Waals surface area contributed by atoms with E-state index in [0.717, 1.165) is 39.3 Å². The number of benzene rings is 2. The maximum absolute atomic E-state index is 14.0. The van der Waals surface area contributed by atoms with Crippen molar-refractivity contribution in [3.8, 4) is 17.1 Å². The van der Waals surface area contributed by atoms with E-state index in [2.05, 4.69) is 41.4 Å². The van der Waals surface area contributed by atoms with Crippen LogP contribution < -0.4 is 4.57 Å². The molecule has 0 spiro atoms. The van der Waals surface area contributed by atoms with Gasteiger partial charge in [-0.05, 0) is 85.3 Å². The van der Waals surface area contributed by atoms with E-state index >= 15 is 0 Å². The molecule has 0 amide bonds. The van der Waals surface area contributed by atoms with Crippen molar-refractivity contribution in [3.63, 3.8) is 0 Å². The standard InChI is InChI=1S/C43H41N2O/c1-5-9-13-19-34-24-26-38(31-36(34)21-15-11-7-3)41-29-28-40(33-45(41)42-23-17-18-30-44-42)43(46)39-27-25-35(20-14-10-6-2)37(32-39)22-16-12-8-4/h5-33H,1-4H3/q+1/b9-5+,10-6+,11-7+,12-8+,19-13+,20-14+,21-15+,22-16+. The Morgan fingerprint density at radius 1 is 0.565 bits per heavy atom.